The fraction of sp³-hybridized carbons (Fsp3) is 0.455. The summed E-state index contributed by atoms with van der Waals surface area (Å²) >= 11 is 0. The minimum Gasteiger partial charge on any atom is -0.316 e. The molecule has 2 aromatic rings. The third kappa shape index (κ3) is 3.44. The van der Waals surface area contributed by atoms with Crippen molar-refractivity contribution in [3.8, 4) is 0 Å². The highest BCUT2D eigenvalue weighted by Gasteiger charge is 2.22. The summed E-state index contributed by atoms with van der Waals surface area (Å²) in [5.41, 5.74) is 0.603. The van der Waals surface area contributed by atoms with Crippen molar-refractivity contribution in [1.29, 1.82) is 0 Å². The summed E-state index contributed by atoms with van der Waals surface area (Å²) in [5.74, 6) is 0. The minimum atomic E-state index is -3.62. The summed E-state index contributed by atoms with van der Waals surface area (Å²) in [6.45, 7) is 2.68. The monoisotopic (exact) mass is 298 g/mol. The molecule has 20 heavy (non-hydrogen) atoms. The molecule has 1 atom stereocenters. The Hall–Kier alpha value is -1.71. The molecule has 1 unspecified atom stereocenters. The molecule has 0 bridgehead atoms. The quantitative estimate of drug-likeness (QED) is 0.650. The molecule has 0 fully saturated rings. The van der Waals surface area contributed by atoms with Gasteiger partial charge in [-0.1, -0.05) is 0 Å². The second-order valence-corrected chi connectivity index (χ2v) is 6.16. The highest BCUT2D eigenvalue weighted by molar-refractivity contribution is 7.89. The molecule has 0 saturated carbocycles. The Morgan fingerprint density at radius 2 is 2.30 bits per heavy atom. The zero-order valence-electron chi connectivity index (χ0n) is 11.4. The number of nitrogens with zero attached hydrogens (tertiary/aromatic N) is 3. The second-order valence-electron chi connectivity index (χ2n) is 4.51. The van der Waals surface area contributed by atoms with Crippen LogP contribution in [0.25, 0.3) is 0 Å². The van der Waals surface area contributed by atoms with E-state index in [1.807, 2.05) is 0 Å². The number of nitrogens with one attached hydrogen (secondary N) is 3. The van der Waals surface area contributed by atoms with E-state index in [0.717, 1.165) is 0 Å². The number of H-pyrrole nitrogens is 1. The van der Waals surface area contributed by atoms with E-state index in [-0.39, 0.29) is 11.1 Å². The number of hydrogen-bond acceptors (Lipinski definition) is 5. The van der Waals surface area contributed by atoms with Gasteiger partial charge in [-0.05, 0) is 20.0 Å². The first kappa shape index (κ1) is 14.7. The van der Waals surface area contributed by atoms with Crippen molar-refractivity contribution in [1.82, 2.24) is 30.0 Å². The lowest BCUT2D eigenvalue weighted by molar-refractivity contribution is 0.492. The van der Waals surface area contributed by atoms with E-state index in [4.69, 9.17) is 0 Å². The average Bonchev–Trinajstić information content (AvgIpc) is 2.99. The van der Waals surface area contributed by atoms with E-state index in [0.29, 0.717) is 18.7 Å². The molecule has 0 spiro atoms. The van der Waals surface area contributed by atoms with Crippen LogP contribution in [0.15, 0.2) is 29.7 Å². The van der Waals surface area contributed by atoms with Crippen LogP contribution >= 0.6 is 0 Å². The number of sulfonamides is 1. The van der Waals surface area contributed by atoms with Crippen LogP contribution in [0.4, 0.5) is 0 Å². The summed E-state index contributed by atoms with van der Waals surface area (Å²) in [4.78, 5) is 0. The molecule has 0 aliphatic carbocycles. The maximum atomic E-state index is 12.3. The van der Waals surface area contributed by atoms with Crippen molar-refractivity contribution in [2.45, 2.75) is 31.1 Å². The first-order valence-corrected chi connectivity index (χ1v) is 7.68. The SMILES string of the molecule is CNCc1cn[nH]c1S(=O)(=O)NC(C)Cn1cccn1. The molecule has 2 heterocycles. The van der Waals surface area contributed by atoms with Crippen LogP contribution in [0.1, 0.15) is 12.5 Å². The lowest BCUT2D eigenvalue weighted by atomic mass is 10.4. The Morgan fingerprint density at radius 1 is 1.50 bits per heavy atom. The molecule has 0 aliphatic rings. The van der Waals surface area contributed by atoms with Crippen molar-refractivity contribution in [3.63, 3.8) is 0 Å². The summed E-state index contributed by atoms with van der Waals surface area (Å²) in [6, 6.07) is 1.51. The van der Waals surface area contributed by atoms with Crippen molar-refractivity contribution in [3.05, 3.63) is 30.2 Å². The predicted molar refractivity (Wildman–Crippen MR) is 73.4 cm³/mol. The van der Waals surface area contributed by atoms with E-state index in [2.05, 4.69) is 25.3 Å². The van der Waals surface area contributed by atoms with Crippen LogP contribution in [-0.2, 0) is 23.1 Å². The van der Waals surface area contributed by atoms with Gasteiger partial charge in [-0.25, -0.2) is 13.1 Å². The molecule has 0 saturated heterocycles. The Balaban J connectivity index is 2.08. The Morgan fingerprint density at radius 3 is 2.95 bits per heavy atom. The molecule has 9 heteroatoms. The normalized spacial score (nSPS) is 13.5. The minimum absolute atomic E-state index is 0.0964. The maximum absolute atomic E-state index is 12.3. The molecular weight excluding hydrogens is 280 g/mol. The van der Waals surface area contributed by atoms with E-state index in [1.165, 1.54) is 6.20 Å². The van der Waals surface area contributed by atoms with Gasteiger partial charge >= 0.3 is 0 Å². The van der Waals surface area contributed by atoms with Gasteiger partial charge in [0.2, 0.25) is 0 Å². The van der Waals surface area contributed by atoms with E-state index < -0.39 is 10.0 Å². The summed E-state index contributed by atoms with van der Waals surface area (Å²) in [6.07, 6.45) is 4.94. The molecule has 0 aliphatic heterocycles. The summed E-state index contributed by atoms with van der Waals surface area (Å²) in [7, 11) is -1.87. The average molecular weight is 298 g/mol. The third-order valence-electron chi connectivity index (χ3n) is 2.69. The van der Waals surface area contributed by atoms with Gasteiger partial charge in [0.05, 0.1) is 12.7 Å². The Kier molecular flexibility index (Phi) is 4.53. The molecule has 0 amide bonds. The van der Waals surface area contributed by atoms with Crippen LogP contribution in [0.5, 0.6) is 0 Å². The zero-order chi connectivity index (χ0) is 14.6. The largest absolute Gasteiger partial charge is 0.316 e. The van der Waals surface area contributed by atoms with Gasteiger partial charge in [-0.15, -0.1) is 0 Å². The van der Waals surface area contributed by atoms with Gasteiger partial charge in [0, 0.05) is 30.5 Å². The van der Waals surface area contributed by atoms with Crippen molar-refractivity contribution in [2.24, 2.45) is 0 Å². The smallest absolute Gasteiger partial charge is 0.258 e. The Labute approximate surface area is 117 Å². The predicted octanol–water partition coefficient (Wildman–Crippen LogP) is -0.307. The molecule has 0 aromatic carbocycles. The standard InChI is InChI=1S/C11H18N6O2S/c1-9(8-17-5-3-4-14-17)16-20(18,19)11-10(6-12-2)7-13-15-11/h3-5,7,9,12,16H,6,8H2,1-2H3,(H,13,15). The molecule has 110 valence electrons. The van der Waals surface area contributed by atoms with Crippen LogP contribution in [0, 0.1) is 0 Å². The fourth-order valence-electron chi connectivity index (χ4n) is 1.90. The van der Waals surface area contributed by atoms with Gasteiger partial charge in [-0.3, -0.25) is 9.78 Å². The number of hydrogen-bond donors (Lipinski definition) is 3. The molecule has 2 aromatic heterocycles. The van der Waals surface area contributed by atoms with Crippen LogP contribution in [-0.4, -0.2) is 41.5 Å². The second kappa shape index (κ2) is 6.16. The summed E-state index contributed by atoms with van der Waals surface area (Å²) in [5, 5.41) is 13.4. The molecular formula is C11H18N6O2S. The number of rotatable bonds is 7. The van der Waals surface area contributed by atoms with Crippen LogP contribution in [0.2, 0.25) is 0 Å². The van der Waals surface area contributed by atoms with Crippen molar-refractivity contribution < 1.29 is 8.42 Å². The van der Waals surface area contributed by atoms with E-state index in [1.54, 1.807) is 37.1 Å². The van der Waals surface area contributed by atoms with Crippen molar-refractivity contribution in [2.75, 3.05) is 7.05 Å². The van der Waals surface area contributed by atoms with Crippen molar-refractivity contribution >= 4 is 10.0 Å². The first-order valence-electron chi connectivity index (χ1n) is 6.19. The Bertz CT molecular complexity index is 634. The first-order chi connectivity index (χ1) is 9.53. The van der Waals surface area contributed by atoms with Gasteiger partial charge < -0.3 is 5.32 Å². The van der Waals surface area contributed by atoms with Gasteiger partial charge in [0.15, 0.2) is 5.03 Å². The fourth-order valence-corrected chi connectivity index (χ4v) is 3.26. The van der Waals surface area contributed by atoms with Gasteiger partial charge in [-0.2, -0.15) is 10.2 Å². The van der Waals surface area contributed by atoms with E-state index >= 15 is 0 Å². The highest BCUT2D eigenvalue weighted by atomic mass is 32.2. The lowest BCUT2D eigenvalue weighted by Crippen LogP contribution is -2.36. The van der Waals surface area contributed by atoms with E-state index in [9.17, 15) is 8.42 Å². The molecule has 3 N–H and O–H groups in total. The number of aromatic nitrogens is 4. The molecule has 2 rings (SSSR count). The highest BCUT2D eigenvalue weighted by Crippen LogP contribution is 2.12. The van der Waals surface area contributed by atoms with Gasteiger partial charge in [0.25, 0.3) is 10.0 Å². The third-order valence-corrected chi connectivity index (χ3v) is 4.29. The molecule has 8 nitrogen and oxygen atoms in total. The zero-order valence-corrected chi connectivity index (χ0v) is 12.2. The lowest BCUT2D eigenvalue weighted by Gasteiger charge is -2.14. The number of aromatic amines is 1. The van der Waals surface area contributed by atoms with Gasteiger partial charge in [0.1, 0.15) is 0 Å². The van der Waals surface area contributed by atoms with Crippen LogP contribution in [0.3, 0.4) is 0 Å². The summed E-state index contributed by atoms with van der Waals surface area (Å²) < 4.78 is 28.9. The van der Waals surface area contributed by atoms with Crippen LogP contribution < -0.4 is 10.0 Å². The molecule has 0 radical (unpaired) electrons. The topological polar surface area (TPSA) is 105 Å². The maximum Gasteiger partial charge on any atom is 0.258 e.